The maximum Gasteiger partial charge on any atom is 0.247 e. The van der Waals surface area contributed by atoms with Crippen LogP contribution in [0.4, 0.5) is 0 Å². The standard InChI is InChI=1S/C20H27N3O5S/c1-21-18(24)12-23-13-20(8-10-22(11-9-20)19(25)15-6-7-15)14-28-16-4-2-3-5-17(16)29(23,26)27/h2-5,15H,6-14H2,1H3,(H,21,24). The van der Waals surface area contributed by atoms with Crippen LogP contribution < -0.4 is 10.1 Å². The number of fused-ring (bicyclic) bond motifs is 1. The number of ether oxygens (including phenoxy) is 1. The molecule has 4 rings (SSSR count). The van der Waals surface area contributed by atoms with Crippen LogP contribution in [0.1, 0.15) is 25.7 Å². The van der Waals surface area contributed by atoms with Crippen molar-refractivity contribution in [3.8, 4) is 5.75 Å². The molecule has 9 heteroatoms. The molecule has 0 atom stereocenters. The summed E-state index contributed by atoms with van der Waals surface area (Å²) in [6.45, 7) is 1.50. The molecule has 1 N–H and O–H groups in total. The summed E-state index contributed by atoms with van der Waals surface area (Å²) in [6, 6.07) is 6.55. The average Bonchev–Trinajstić information content (AvgIpc) is 3.57. The van der Waals surface area contributed by atoms with Crippen molar-refractivity contribution in [2.24, 2.45) is 11.3 Å². The number of amides is 2. The Hall–Kier alpha value is -2.13. The van der Waals surface area contributed by atoms with Gasteiger partial charge in [-0.2, -0.15) is 4.31 Å². The van der Waals surface area contributed by atoms with Gasteiger partial charge in [0.2, 0.25) is 21.8 Å². The highest BCUT2D eigenvalue weighted by molar-refractivity contribution is 7.89. The first-order valence-electron chi connectivity index (χ1n) is 10.1. The topological polar surface area (TPSA) is 96.0 Å². The third kappa shape index (κ3) is 3.98. The molecular weight excluding hydrogens is 394 g/mol. The van der Waals surface area contributed by atoms with Gasteiger partial charge in [0.25, 0.3) is 0 Å². The largest absolute Gasteiger partial charge is 0.492 e. The fourth-order valence-electron chi connectivity index (χ4n) is 4.13. The van der Waals surface area contributed by atoms with Crippen LogP contribution in [0.3, 0.4) is 0 Å². The number of hydrogen-bond acceptors (Lipinski definition) is 5. The molecule has 3 aliphatic rings. The first-order valence-corrected chi connectivity index (χ1v) is 11.5. The molecule has 1 aliphatic carbocycles. The Bertz CT molecular complexity index is 904. The second-order valence-electron chi connectivity index (χ2n) is 8.28. The Morgan fingerprint density at radius 1 is 1.21 bits per heavy atom. The number of sulfonamides is 1. The van der Waals surface area contributed by atoms with Crippen LogP contribution in [-0.4, -0.2) is 69.3 Å². The Morgan fingerprint density at radius 3 is 2.55 bits per heavy atom. The Morgan fingerprint density at radius 2 is 1.90 bits per heavy atom. The van der Waals surface area contributed by atoms with E-state index in [0.29, 0.717) is 38.3 Å². The zero-order valence-electron chi connectivity index (χ0n) is 16.6. The number of hydrogen-bond donors (Lipinski definition) is 1. The summed E-state index contributed by atoms with van der Waals surface area (Å²) in [7, 11) is -2.40. The number of likely N-dealkylation sites (tertiary alicyclic amines) is 1. The summed E-state index contributed by atoms with van der Waals surface area (Å²) in [6.07, 6.45) is 3.23. The van der Waals surface area contributed by atoms with E-state index >= 15 is 0 Å². The van der Waals surface area contributed by atoms with Gasteiger partial charge in [0.05, 0.1) is 13.2 Å². The fourth-order valence-corrected chi connectivity index (χ4v) is 5.77. The quantitative estimate of drug-likeness (QED) is 0.780. The molecule has 1 saturated heterocycles. The lowest BCUT2D eigenvalue weighted by Gasteiger charge is -2.44. The van der Waals surface area contributed by atoms with Crippen molar-refractivity contribution in [2.45, 2.75) is 30.6 Å². The van der Waals surface area contributed by atoms with E-state index in [1.807, 2.05) is 4.90 Å². The van der Waals surface area contributed by atoms with E-state index in [4.69, 9.17) is 4.74 Å². The SMILES string of the molecule is CNC(=O)CN1CC2(CCN(C(=O)C3CC3)CC2)COc2ccccc2S1(=O)=O. The second-order valence-corrected chi connectivity index (χ2v) is 10.2. The zero-order chi connectivity index (χ0) is 20.6. The monoisotopic (exact) mass is 421 g/mol. The molecule has 0 bridgehead atoms. The van der Waals surface area contributed by atoms with Gasteiger partial charge in [0.1, 0.15) is 10.6 Å². The first-order chi connectivity index (χ1) is 13.8. The van der Waals surface area contributed by atoms with Gasteiger partial charge in [-0.25, -0.2) is 8.42 Å². The molecule has 29 heavy (non-hydrogen) atoms. The molecule has 2 amide bonds. The van der Waals surface area contributed by atoms with E-state index in [0.717, 1.165) is 12.8 Å². The fraction of sp³-hybridized carbons (Fsp3) is 0.600. The number of piperidine rings is 1. The minimum Gasteiger partial charge on any atom is -0.492 e. The molecule has 2 aliphatic heterocycles. The van der Waals surface area contributed by atoms with Gasteiger partial charge in [-0.05, 0) is 37.8 Å². The molecule has 1 spiro atoms. The lowest BCUT2D eigenvalue weighted by atomic mass is 9.78. The molecule has 0 unspecified atom stereocenters. The lowest BCUT2D eigenvalue weighted by Crippen LogP contribution is -2.54. The van der Waals surface area contributed by atoms with E-state index < -0.39 is 15.4 Å². The average molecular weight is 422 g/mol. The van der Waals surface area contributed by atoms with Gasteiger partial charge in [0, 0.05) is 38.0 Å². The number of rotatable bonds is 3. The third-order valence-electron chi connectivity index (χ3n) is 6.17. The van der Waals surface area contributed by atoms with Crippen LogP contribution in [-0.2, 0) is 19.6 Å². The molecule has 8 nitrogen and oxygen atoms in total. The Balaban J connectivity index is 1.62. The van der Waals surface area contributed by atoms with Crippen molar-refractivity contribution in [2.75, 3.05) is 39.8 Å². The van der Waals surface area contributed by atoms with Crippen LogP contribution >= 0.6 is 0 Å². The van der Waals surface area contributed by atoms with Crippen LogP contribution in [0, 0.1) is 11.3 Å². The molecule has 2 fully saturated rings. The van der Waals surface area contributed by atoms with Crippen LogP contribution in [0.25, 0.3) is 0 Å². The van der Waals surface area contributed by atoms with Gasteiger partial charge in [0.15, 0.2) is 0 Å². The van der Waals surface area contributed by atoms with E-state index in [-0.39, 0.29) is 35.7 Å². The number of carbonyl (C=O) groups excluding carboxylic acids is 2. The lowest BCUT2D eigenvalue weighted by molar-refractivity contribution is -0.135. The molecule has 0 radical (unpaired) electrons. The summed E-state index contributed by atoms with van der Waals surface area (Å²) in [5, 5.41) is 2.51. The van der Waals surface area contributed by atoms with E-state index in [1.54, 1.807) is 18.2 Å². The van der Waals surface area contributed by atoms with Gasteiger partial charge in [-0.1, -0.05) is 12.1 Å². The number of likely N-dealkylation sites (N-methyl/N-ethyl adjacent to an activating group) is 1. The maximum absolute atomic E-state index is 13.3. The third-order valence-corrected chi connectivity index (χ3v) is 8.00. The molecule has 1 aromatic carbocycles. The van der Waals surface area contributed by atoms with E-state index in [2.05, 4.69) is 5.32 Å². The number of para-hydroxylation sites is 1. The van der Waals surface area contributed by atoms with E-state index in [1.165, 1.54) is 17.4 Å². The van der Waals surface area contributed by atoms with Crippen molar-refractivity contribution in [3.05, 3.63) is 24.3 Å². The summed E-state index contributed by atoms with van der Waals surface area (Å²) in [5.74, 6) is 0.343. The van der Waals surface area contributed by atoms with Gasteiger partial charge < -0.3 is 15.0 Å². The second kappa shape index (κ2) is 7.60. The summed E-state index contributed by atoms with van der Waals surface area (Å²) >= 11 is 0. The first kappa shape index (κ1) is 20.2. The molecular formula is C20H27N3O5S. The van der Waals surface area contributed by atoms with Crippen LogP contribution in [0.2, 0.25) is 0 Å². The van der Waals surface area contributed by atoms with Gasteiger partial charge >= 0.3 is 0 Å². The van der Waals surface area contributed by atoms with Crippen molar-refractivity contribution in [3.63, 3.8) is 0 Å². The maximum atomic E-state index is 13.3. The highest BCUT2D eigenvalue weighted by atomic mass is 32.2. The minimum atomic E-state index is -3.89. The van der Waals surface area contributed by atoms with Crippen molar-refractivity contribution in [1.29, 1.82) is 0 Å². The van der Waals surface area contributed by atoms with Crippen LogP contribution in [0.15, 0.2) is 29.2 Å². The Labute approximate surface area is 171 Å². The predicted molar refractivity (Wildman–Crippen MR) is 106 cm³/mol. The molecule has 1 aromatic rings. The predicted octanol–water partition coefficient (Wildman–Crippen LogP) is 0.835. The molecule has 158 valence electrons. The molecule has 1 saturated carbocycles. The van der Waals surface area contributed by atoms with Crippen molar-refractivity contribution >= 4 is 21.8 Å². The molecule has 2 heterocycles. The van der Waals surface area contributed by atoms with Gasteiger partial charge in [-0.3, -0.25) is 9.59 Å². The Kier molecular flexibility index (Phi) is 5.29. The summed E-state index contributed by atoms with van der Waals surface area (Å²) < 4.78 is 33.9. The number of nitrogens with one attached hydrogen (secondary N) is 1. The highest BCUT2D eigenvalue weighted by Crippen LogP contribution is 2.40. The normalized spacial score (nSPS) is 23.4. The van der Waals surface area contributed by atoms with Crippen molar-refractivity contribution < 1.29 is 22.7 Å². The highest BCUT2D eigenvalue weighted by Gasteiger charge is 2.45. The summed E-state index contributed by atoms with van der Waals surface area (Å²) in [4.78, 5) is 26.5. The smallest absolute Gasteiger partial charge is 0.247 e. The molecule has 0 aromatic heterocycles. The van der Waals surface area contributed by atoms with Crippen LogP contribution in [0.5, 0.6) is 5.75 Å². The number of benzene rings is 1. The number of nitrogens with zero attached hydrogens (tertiary/aromatic N) is 2. The number of carbonyl (C=O) groups is 2. The summed E-state index contributed by atoms with van der Waals surface area (Å²) in [5.41, 5.74) is -0.436. The zero-order valence-corrected chi connectivity index (χ0v) is 17.4. The van der Waals surface area contributed by atoms with Crippen molar-refractivity contribution in [1.82, 2.24) is 14.5 Å². The van der Waals surface area contributed by atoms with E-state index in [9.17, 15) is 18.0 Å². The minimum absolute atomic E-state index is 0.0834. The van der Waals surface area contributed by atoms with Gasteiger partial charge in [-0.15, -0.1) is 0 Å².